The Balaban J connectivity index is 1.39. The zero-order valence-corrected chi connectivity index (χ0v) is 18.9. The maximum atomic E-state index is 13.1. The highest BCUT2D eigenvalue weighted by Gasteiger charge is 2.40. The van der Waals surface area contributed by atoms with Gasteiger partial charge in [-0.15, -0.1) is 0 Å². The summed E-state index contributed by atoms with van der Waals surface area (Å²) in [5.41, 5.74) is 2.78. The number of hydrogen-bond acceptors (Lipinski definition) is 4. The van der Waals surface area contributed by atoms with Crippen LogP contribution >= 0.6 is 0 Å². The summed E-state index contributed by atoms with van der Waals surface area (Å²) in [7, 11) is -3.40. The molecule has 0 atom stereocenters. The first-order valence-electron chi connectivity index (χ1n) is 11.4. The predicted octanol–water partition coefficient (Wildman–Crippen LogP) is 6.03. The van der Waals surface area contributed by atoms with Gasteiger partial charge >= 0.3 is 0 Å². The number of hydrogen-bond donors (Lipinski definition) is 0. The molecule has 0 unspecified atom stereocenters. The standard InChI is InChI=1S/C26H28N2O3S/c29-32(30,24-15-16-24)28(19-20-6-5-17-27-18-20)22-11-13-23(14-12-22)31-26-10-4-3-9-25(26)21-7-1-2-8-21/h3-6,9-14,17-18,21,24H,1-2,7-8,15-16,19H2. The van der Waals surface area contributed by atoms with E-state index in [4.69, 9.17) is 4.74 Å². The number of benzene rings is 2. The van der Waals surface area contributed by atoms with E-state index in [0.717, 1.165) is 24.2 Å². The van der Waals surface area contributed by atoms with Crippen LogP contribution in [0.4, 0.5) is 5.69 Å². The van der Waals surface area contributed by atoms with Crippen LogP contribution in [0.25, 0.3) is 0 Å². The molecule has 2 aliphatic rings. The molecule has 3 aromatic rings. The molecule has 32 heavy (non-hydrogen) atoms. The third-order valence-electron chi connectivity index (χ3n) is 6.37. The van der Waals surface area contributed by atoms with E-state index >= 15 is 0 Å². The Bertz CT molecular complexity index is 1150. The maximum absolute atomic E-state index is 13.1. The van der Waals surface area contributed by atoms with Crippen LogP contribution in [-0.4, -0.2) is 18.7 Å². The predicted molar refractivity (Wildman–Crippen MR) is 127 cm³/mol. The molecule has 0 amide bonds. The topological polar surface area (TPSA) is 59.5 Å². The van der Waals surface area contributed by atoms with Crippen LogP contribution in [0.1, 0.15) is 55.6 Å². The first-order chi connectivity index (χ1) is 15.6. The molecule has 2 fully saturated rings. The van der Waals surface area contributed by atoms with Gasteiger partial charge in [0.1, 0.15) is 11.5 Å². The van der Waals surface area contributed by atoms with E-state index in [0.29, 0.717) is 17.4 Å². The second-order valence-corrected chi connectivity index (χ2v) is 10.9. The van der Waals surface area contributed by atoms with Crippen LogP contribution < -0.4 is 9.04 Å². The van der Waals surface area contributed by atoms with E-state index < -0.39 is 10.0 Å². The minimum Gasteiger partial charge on any atom is -0.457 e. The van der Waals surface area contributed by atoms with Gasteiger partial charge in [0, 0.05) is 12.4 Å². The zero-order chi connectivity index (χ0) is 22.0. The lowest BCUT2D eigenvalue weighted by Crippen LogP contribution is -2.33. The van der Waals surface area contributed by atoms with Crippen LogP contribution in [0.3, 0.4) is 0 Å². The molecule has 5 nitrogen and oxygen atoms in total. The largest absolute Gasteiger partial charge is 0.457 e. The number of para-hydroxylation sites is 1. The molecule has 2 aliphatic carbocycles. The van der Waals surface area contributed by atoms with Crippen molar-refractivity contribution in [1.29, 1.82) is 0 Å². The van der Waals surface area contributed by atoms with Crippen molar-refractivity contribution in [2.45, 2.75) is 56.2 Å². The molecule has 0 saturated heterocycles. The quantitative estimate of drug-likeness (QED) is 0.422. The van der Waals surface area contributed by atoms with Gasteiger partial charge in [-0.05, 0) is 79.1 Å². The van der Waals surface area contributed by atoms with E-state index in [1.165, 1.54) is 35.6 Å². The lowest BCUT2D eigenvalue weighted by molar-refractivity contribution is 0.469. The minimum atomic E-state index is -3.40. The van der Waals surface area contributed by atoms with Gasteiger partial charge in [0.25, 0.3) is 0 Å². The van der Waals surface area contributed by atoms with E-state index in [2.05, 4.69) is 17.1 Å². The Hall–Kier alpha value is -2.86. The second-order valence-electron chi connectivity index (χ2n) is 8.73. The Morgan fingerprint density at radius 2 is 1.66 bits per heavy atom. The number of pyridine rings is 1. The molecule has 2 aromatic carbocycles. The summed E-state index contributed by atoms with van der Waals surface area (Å²) in [5, 5.41) is -0.284. The molecule has 0 aliphatic heterocycles. The summed E-state index contributed by atoms with van der Waals surface area (Å²) in [6, 6.07) is 19.4. The average Bonchev–Trinajstić information content (AvgIpc) is 3.55. The Kier molecular flexibility index (Phi) is 5.87. The van der Waals surface area contributed by atoms with Crippen molar-refractivity contribution in [2.24, 2.45) is 0 Å². The van der Waals surface area contributed by atoms with Crippen molar-refractivity contribution < 1.29 is 13.2 Å². The molecule has 1 aromatic heterocycles. The van der Waals surface area contributed by atoms with Gasteiger partial charge < -0.3 is 4.74 Å². The number of nitrogens with zero attached hydrogens (tertiary/aromatic N) is 2. The summed E-state index contributed by atoms with van der Waals surface area (Å²) >= 11 is 0. The van der Waals surface area contributed by atoms with E-state index in [9.17, 15) is 8.42 Å². The molecule has 0 bridgehead atoms. The summed E-state index contributed by atoms with van der Waals surface area (Å²) in [5.74, 6) is 2.17. The van der Waals surface area contributed by atoms with Crippen molar-refractivity contribution in [3.05, 3.63) is 84.2 Å². The van der Waals surface area contributed by atoms with Crippen LogP contribution in [0, 0.1) is 0 Å². The number of sulfonamides is 1. The van der Waals surface area contributed by atoms with Crippen LogP contribution in [0.5, 0.6) is 11.5 Å². The lowest BCUT2D eigenvalue weighted by atomic mass is 9.97. The van der Waals surface area contributed by atoms with Gasteiger partial charge in [0.2, 0.25) is 10.0 Å². The van der Waals surface area contributed by atoms with Crippen molar-refractivity contribution in [3.8, 4) is 11.5 Å². The highest BCUT2D eigenvalue weighted by atomic mass is 32.2. The fourth-order valence-electron chi connectivity index (χ4n) is 4.49. The van der Waals surface area contributed by atoms with E-state index in [1.54, 1.807) is 12.4 Å². The molecule has 2 saturated carbocycles. The minimum absolute atomic E-state index is 0.275. The number of ether oxygens (including phenoxy) is 1. The number of anilines is 1. The molecule has 0 spiro atoms. The van der Waals surface area contributed by atoms with E-state index in [-0.39, 0.29) is 11.8 Å². The second kappa shape index (κ2) is 8.94. The fraction of sp³-hybridized carbons (Fsp3) is 0.346. The van der Waals surface area contributed by atoms with Crippen LogP contribution in [-0.2, 0) is 16.6 Å². The van der Waals surface area contributed by atoms with Crippen molar-refractivity contribution in [1.82, 2.24) is 4.98 Å². The van der Waals surface area contributed by atoms with Crippen molar-refractivity contribution >= 4 is 15.7 Å². The first kappa shape index (κ1) is 21.0. The molecular formula is C26H28N2O3S. The van der Waals surface area contributed by atoms with Gasteiger partial charge in [0.05, 0.1) is 17.5 Å². The lowest BCUT2D eigenvalue weighted by Gasteiger charge is -2.25. The molecule has 0 radical (unpaired) electrons. The highest BCUT2D eigenvalue weighted by molar-refractivity contribution is 7.93. The normalized spacial score (nSPS) is 16.8. The third kappa shape index (κ3) is 4.51. The first-order valence-corrected chi connectivity index (χ1v) is 12.9. The van der Waals surface area contributed by atoms with Crippen LogP contribution in [0.15, 0.2) is 73.1 Å². The summed E-state index contributed by atoms with van der Waals surface area (Å²) in [4.78, 5) is 4.13. The van der Waals surface area contributed by atoms with Gasteiger partial charge in [-0.1, -0.05) is 37.1 Å². The average molecular weight is 449 g/mol. The molecule has 6 heteroatoms. The van der Waals surface area contributed by atoms with Gasteiger partial charge in [0.15, 0.2) is 0 Å². The van der Waals surface area contributed by atoms with Gasteiger partial charge in [-0.3, -0.25) is 9.29 Å². The molecular weight excluding hydrogens is 420 g/mol. The monoisotopic (exact) mass is 448 g/mol. The summed E-state index contributed by atoms with van der Waals surface area (Å²) in [6.45, 7) is 0.275. The number of aromatic nitrogens is 1. The smallest absolute Gasteiger partial charge is 0.238 e. The maximum Gasteiger partial charge on any atom is 0.238 e. The molecule has 166 valence electrons. The zero-order valence-electron chi connectivity index (χ0n) is 18.1. The fourth-order valence-corrected chi connectivity index (χ4v) is 6.32. The van der Waals surface area contributed by atoms with Crippen molar-refractivity contribution in [2.75, 3.05) is 4.31 Å². The van der Waals surface area contributed by atoms with Crippen molar-refractivity contribution in [3.63, 3.8) is 0 Å². The molecule has 5 rings (SSSR count). The van der Waals surface area contributed by atoms with Gasteiger partial charge in [-0.25, -0.2) is 8.42 Å². The Morgan fingerprint density at radius 1 is 0.906 bits per heavy atom. The molecule has 1 heterocycles. The Morgan fingerprint density at radius 3 is 2.34 bits per heavy atom. The SMILES string of the molecule is O=S(=O)(C1CC1)N(Cc1cccnc1)c1ccc(Oc2ccccc2C2CCCC2)cc1. The molecule has 0 N–H and O–H groups in total. The summed E-state index contributed by atoms with van der Waals surface area (Å²) in [6.07, 6.45) is 9.83. The van der Waals surface area contributed by atoms with E-state index in [1.807, 2.05) is 48.5 Å². The number of rotatable bonds is 8. The van der Waals surface area contributed by atoms with Crippen LogP contribution in [0.2, 0.25) is 0 Å². The summed E-state index contributed by atoms with van der Waals surface area (Å²) < 4.78 is 34.0. The third-order valence-corrected chi connectivity index (χ3v) is 8.64. The highest BCUT2D eigenvalue weighted by Crippen LogP contribution is 2.40. The Labute approximate surface area is 190 Å². The van der Waals surface area contributed by atoms with Gasteiger partial charge in [-0.2, -0.15) is 0 Å².